The summed E-state index contributed by atoms with van der Waals surface area (Å²) in [5.41, 5.74) is 1.53. The molecule has 3 rings (SSSR count). The van der Waals surface area contributed by atoms with Crippen LogP contribution in [0.5, 0.6) is 0 Å². The number of hydrogen-bond acceptors (Lipinski definition) is 7. The molecule has 30 heavy (non-hydrogen) atoms. The first-order valence-electron chi connectivity index (χ1n) is 8.75. The van der Waals surface area contributed by atoms with Crippen LogP contribution in [0.1, 0.15) is 10.4 Å². The molecule has 0 spiro atoms. The fourth-order valence-corrected chi connectivity index (χ4v) is 3.47. The van der Waals surface area contributed by atoms with Gasteiger partial charge in [-0.15, -0.1) is 5.10 Å². The third kappa shape index (κ3) is 4.39. The number of carbonyl (C=O) groups is 2. The van der Waals surface area contributed by atoms with E-state index in [1.807, 2.05) is 0 Å². The number of sulfonamides is 1. The molecule has 158 valence electrons. The van der Waals surface area contributed by atoms with Gasteiger partial charge in [-0.05, 0) is 41.6 Å². The molecule has 0 radical (unpaired) electrons. The van der Waals surface area contributed by atoms with Crippen LogP contribution < -0.4 is 15.5 Å². The van der Waals surface area contributed by atoms with Crippen LogP contribution in [0.15, 0.2) is 47.4 Å². The number of rotatable bonds is 7. The number of amides is 2. The maximum Gasteiger partial charge on any atom is 0.265 e. The molecule has 0 aliphatic heterocycles. The van der Waals surface area contributed by atoms with Crippen LogP contribution in [0.2, 0.25) is 0 Å². The SMILES string of the molecule is CNC(=O)c1cccc(NC(=O)COn2nnc3ccc(S(=O)(=O)N(C)C)cc32)c1. The van der Waals surface area contributed by atoms with Crippen molar-refractivity contribution in [1.29, 1.82) is 0 Å². The molecule has 0 saturated heterocycles. The summed E-state index contributed by atoms with van der Waals surface area (Å²) in [4.78, 5) is 30.3. The van der Waals surface area contributed by atoms with Crippen LogP contribution in [0.25, 0.3) is 11.0 Å². The second-order valence-electron chi connectivity index (χ2n) is 6.38. The Kier molecular flexibility index (Phi) is 5.99. The van der Waals surface area contributed by atoms with Gasteiger partial charge in [0.25, 0.3) is 11.8 Å². The Bertz CT molecular complexity index is 1200. The number of anilines is 1. The zero-order chi connectivity index (χ0) is 21.9. The molecule has 0 aliphatic rings. The van der Waals surface area contributed by atoms with Gasteiger partial charge < -0.3 is 15.5 Å². The molecule has 0 fully saturated rings. The highest BCUT2D eigenvalue weighted by atomic mass is 32.2. The Morgan fingerprint density at radius 3 is 2.63 bits per heavy atom. The van der Waals surface area contributed by atoms with Crippen LogP contribution in [0, 0.1) is 0 Å². The van der Waals surface area contributed by atoms with Crippen LogP contribution in [-0.2, 0) is 14.8 Å². The van der Waals surface area contributed by atoms with E-state index in [9.17, 15) is 18.0 Å². The smallest absolute Gasteiger partial charge is 0.265 e. The number of nitrogens with zero attached hydrogens (tertiary/aromatic N) is 4. The summed E-state index contributed by atoms with van der Waals surface area (Å²) >= 11 is 0. The lowest BCUT2D eigenvalue weighted by atomic mass is 10.2. The summed E-state index contributed by atoms with van der Waals surface area (Å²) < 4.78 is 25.7. The highest BCUT2D eigenvalue weighted by Gasteiger charge is 2.19. The van der Waals surface area contributed by atoms with Crippen molar-refractivity contribution in [3.63, 3.8) is 0 Å². The standard InChI is InChI=1S/C18H20N6O5S/c1-19-18(26)12-5-4-6-13(9-12)20-17(25)11-29-24-16-10-14(30(27,28)23(2)3)7-8-15(16)21-22-24/h4-10H,11H2,1-3H3,(H,19,26)(H,20,25). The minimum absolute atomic E-state index is 0.0441. The summed E-state index contributed by atoms with van der Waals surface area (Å²) in [5, 5.41) is 12.8. The second kappa shape index (κ2) is 8.47. The Morgan fingerprint density at radius 2 is 1.93 bits per heavy atom. The molecule has 0 unspecified atom stereocenters. The first-order valence-corrected chi connectivity index (χ1v) is 10.2. The van der Waals surface area contributed by atoms with E-state index in [1.165, 1.54) is 45.4 Å². The molecule has 1 aromatic heterocycles. The zero-order valence-corrected chi connectivity index (χ0v) is 17.3. The molecule has 2 amide bonds. The number of carbonyl (C=O) groups excluding carboxylic acids is 2. The first kappa shape index (κ1) is 21.2. The molecule has 0 aliphatic carbocycles. The molecule has 0 saturated carbocycles. The zero-order valence-electron chi connectivity index (χ0n) is 16.5. The Morgan fingerprint density at radius 1 is 1.17 bits per heavy atom. The monoisotopic (exact) mass is 432 g/mol. The van der Waals surface area contributed by atoms with Gasteiger partial charge in [0.05, 0.1) is 4.90 Å². The Labute approximate surface area is 172 Å². The van der Waals surface area contributed by atoms with Crippen molar-refractivity contribution in [2.45, 2.75) is 4.90 Å². The first-order chi connectivity index (χ1) is 14.2. The molecule has 2 aromatic carbocycles. The van der Waals surface area contributed by atoms with E-state index in [-0.39, 0.29) is 10.8 Å². The van der Waals surface area contributed by atoms with Crippen LogP contribution in [-0.4, -0.2) is 67.4 Å². The van der Waals surface area contributed by atoms with E-state index in [0.717, 1.165) is 9.15 Å². The molecule has 3 aromatic rings. The second-order valence-corrected chi connectivity index (χ2v) is 8.53. The van der Waals surface area contributed by atoms with E-state index in [1.54, 1.807) is 18.2 Å². The molecule has 11 nitrogen and oxygen atoms in total. The maximum atomic E-state index is 12.3. The number of fused-ring (bicyclic) bond motifs is 1. The molecular formula is C18H20N6O5S. The lowest BCUT2D eigenvalue weighted by Gasteiger charge is -2.11. The van der Waals surface area contributed by atoms with E-state index in [4.69, 9.17) is 4.84 Å². The number of nitrogens with one attached hydrogen (secondary N) is 2. The van der Waals surface area contributed by atoms with Gasteiger partial charge in [0.2, 0.25) is 10.0 Å². The lowest BCUT2D eigenvalue weighted by molar-refractivity contribution is -0.121. The van der Waals surface area contributed by atoms with Gasteiger partial charge in [-0.1, -0.05) is 10.9 Å². The minimum Gasteiger partial charge on any atom is -0.385 e. The summed E-state index contributed by atoms with van der Waals surface area (Å²) in [6, 6.07) is 10.7. The summed E-state index contributed by atoms with van der Waals surface area (Å²) in [6.07, 6.45) is 0. The van der Waals surface area contributed by atoms with Crippen molar-refractivity contribution in [1.82, 2.24) is 24.8 Å². The number of aromatic nitrogens is 3. The highest BCUT2D eigenvalue weighted by Crippen LogP contribution is 2.19. The summed E-state index contributed by atoms with van der Waals surface area (Å²) in [7, 11) is 0.713. The maximum absolute atomic E-state index is 12.3. The van der Waals surface area contributed by atoms with E-state index >= 15 is 0 Å². The van der Waals surface area contributed by atoms with Gasteiger partial charge in [-0.25, -0.2) is 12.7 Å². The summed E-state index contributed by atoms with van der Waals surface area (Å²) in [6.45, 7) is -0.409. The van der Waals surface area contributed by atoms with Crippen molar-refractivity contribution < 1.29 is 22.8 Å². The van der Waals surface area contributed by atoms with Gasteiger partial charge in [-0.2, -0.15) is 0 Å². The van der Waals surface area contributed by atoms with Gasteiger partial charge in [0.1, 0.15) is 11.0 Å². The molecule has 0 atom stereocenters. The van der Waals surface area contributed by atoms with E-state index < -0.39 is 22.5 Å². The lowest BCUT2D eigenvalue weighted by Crippen LogP contribution is -2.26. The van der Waals surface area contributed by atoms with Gasteiger partial charge in [-0.3, -0.25) is 9.59 Å². The normalized spacial score (nSPS) is 11.5. The van der Waals surface area contributed by atoms with Crippen LogP contribution in [0.4, 0.5) is 5.69 Å². The fraction of sp³-hybridized carbons (Fsp3) is 0.222. The van der Waals surface area contributed by atoms with Crippen molar-refractivity contribution in [2.75, 3.05) is 33.1 Å². The van der Waals surface area contributed by atoms with E-state index in [0.29, 0.717) is 22.3 Å². The Balaban J connectivity index is 1.73. The average molecular weight is 432 g/mol. The highest BCUT2D eigenvalue weighted by molar-refractivity contribution is 7.89. The molecule has 2 N–H and O–H groups in total. The predicted octanol–water partition coefficient (Wildman–Crippen LogP) is 0.109. The van der Waals surface area contributed by atoms with Crippen molar-refractivity contribution in [3.05, 3.63) is 48.0 Å². The number of hydrogen-bond donors (Lipinski definition) is 2. The van der Waals surface area contributed by atoms with Crippen molar-refractivity contribution in [2.24, 2.45) is 0 Å². The Hall–Kier alpha value is -3.51. The van der Waals surface area contributed by atoms with E-state index in [2.05, 4.69) is 20.9 Å². The van der Waals surface area contributed by atoms with Gasteiger partial charge in [0.15, 0.2) is 6.61 Å². The topological polar surface area (TPSA) is 136 Å². The van der Waals surface area contributed by atoms with Gasteiger partial charge in [0, 0.05) is 32.4 Å². The van der Waals surface area contributed by atoms with Crippen LogP contribution >= 0.6 is 0 Å². The van der Waals surface area contributed by atoms with Gasteiger partial charge >= 0.3 is 0 Å². The molecule has 0 bridgehead atoms. The summed E-state index contributed by atoms with van der Waals surface area (Å²) in [5.74, 6) is -0.773. The largest absolute Gasteiger partial charge is 0.385 e. The van der Waals surface area contributed by atoms with Crippen molar-refractivity contribution in [3.8, 4) is 0 Å². The fourth-order valence-electron chi connectivity index (χ4n) is 2.54. The minimum atomic E-state index is -3.65. The molecule has 1 heterocycles. The number of benzene rings is 2. The van der Waals surface area contributed by atoms with Crippen LogP contribution in [0.3, 0.4) is 0 Å². The third-order valence-electron chi connectivity index (χ3n) is 4.12. The van der Waals surface area contributed by atoms with Crippen molar-refractivity contribution >= 4 is 38.6 Å². The molecular weight excluding hydrogens is 412 g/mol. The predicted molar refractivity (Wildman–Crippen MR) is 108 cm³/mol. The molecule has 12 heteroatoms. The average Bonchev–Trinajstić information content (AvgIpc) is 3.14. The quantitative estimate of drug-likeness (QED) is 0.541. The third-order valence-corrected chi connectivity index (χ3v) is 5.93.